The van der Waals surface area contributed by atoms with Crippen molar-refractivity contribution in [1.82, 2.24) is 4.90 Å². The lowest BCUT2D eigenvalue weighted by atomic mass is 9.94. The highest BCUT2D eigenvalue weighted by Crippen LogP contribution is 2.22. The molecular weight excluding hydrogens is 256 g/mol. The van der Waals surface area contributed by atoms with Crippen molar-refractivity contribution in [3.05, 3.63) is 34.9 Å². The average molecular weight is 283 g/mol. The van der Waals surface area contributed by atoms with Gasteiger partial charge in [-0.1, -0.05) is 23.8 Å². The number of halogens is 1. The monoisotopic (exact) mass is 282 g/mol. The summed E-state index contributed by atoms with van der Waals surface area (Å²) in [5.41, 5.74) is 9.94. The minimum absolute atomic E-state index is 0. The Morgan fingerprint density at radius 1 is 1.32 bits per heavy atom. The molecule has 0 aliphatic carbocycles. The Hall–Kier alpha value is -0.570. The summed E-state index contributed by atoms with van der Waals surface area (Å²) in [6, 6.07) is 6.80. The van der Waals surface area contributed by atoms with Crippen molar-refractivity contribution in [3.8, 4) is 0 Å². The maximum Gasteiger partial charge on any atom is 0.0236 e. The zero-order chi connectivity index (χ0) is 13.0. The molecule has 0 bridgehead atoms. The van der Waals surface area contributed by atoms with Crippen LogP contribution in [0, 0.1) is 19.8 Å². The fourth-order valence-corrected chi connectivity index (χ4v) is 3.03. The van der Waals surface area contributed by atoms with E-state index in [0.717, 1.165) is 19.0 Å². The van der Waals surface area contributed by atoms with Crippen LogP contribution >= 0.6 is 12.4 Å². The van der Waals surface area contributed by atoms with E-state index in [4.69, 9.17) is 5.73 Å². The van der Waals surface area contributed by atoms with Gasteiger partial charge in [0.1, 0.15) is 0 Å². The first-order chi connectivity index (χ1) is 8.69. The topological polar surface area (TPSA) is 29.3 Å². The van der Waals surface area contributed by atoms with Crippen LogP contribution in [0.1, 0.15) is 36.0 Å². The van der Waals surface area contributed by atoms with Crippen LogP contribution in [0.25, 0.3) is 0 Å². The number of piperidine rings is 1. The zero-order valence-corrected chi connectivity index (χ0v) is 13.0. The van der Waals surface area contributed by atoms with Gasteiger partial charge in [-0.25, -0.2) is 0 Å². The van der Waals surface area contributed by atoms with Crippen LogP contribution in [0.3, 0.4) is 0 Å². The third kappa shape index (κ3) is 4.79. The van der Waals surface area contributed by atoms with E-state index < -0.39 is 0 Å². The Bertz CT molecular complexity index is 390. The first-order valence-electron chi connectivity index (χ1n) is 7.17. The number of aryl methyl sites for hydroxylation is 2. The fourth-order valence-electron chi connectivity index (χ4n) is 3.03. The molecule has 0 aromatic heterocycles. The number of hydrogen-bond acceptors (Lipinski definition) is 2. The Labute approximate surface area is 123 Å². The Balaban J connectivity index is 0.00000180. The molecule has 1 aromatic rings. The van der Waals surface area contributed by atoms with E-state index in [-0.39, 0.29) is 12.4 Å². The van der Waals surface area contributed by atoms with Crippen molar-refractivity contribution in [1.29, 1.82) is 0 Å². The molecule has 3 heteroatoms. The van der Waals surface area contributed by atoms with Crippen molar-refractivity contribution in [3.63, 3.8) is 0 Å². The molecule has 1 heterocycles. The lowest BCUT2D eigenvalue weighted by Gasteiger charge is -2.33. The molecule has 1 aromatic carbocycles. The Morgan fingerprint density at radius 2 is 2.11 bits per heavy atom. The quantitative estimate of drug-likeness (QED) is 0.918. The second-order valence-electron chi connectivity index (χ2n) is 5.75. The van der Waals surface area contributed by atoms with Gasteiger partial charge in [0.05, 0.1) is 0 Å². The van der Waals surface area contributed by atoms with Gasteiger partial charge in [0.2, 0.25) is 0 Å². The standard InChI is InChI=1S/C16H26N2.ClH/c1-13-5-6-16(14(2)10-13)12-18-9-3-4-15(11-18)7-8-17;/h5-6,10,15H,3-4,7-9,11-12,17H2,1-2H3;1H. The van der Waals surface area contributed by atoms with Gasteiger partial charge >= 0.3 is 0 Å². The van der Waals surface area contributed by atoms with Crippen LogP contribution in [0.4, 0.5) is 0 Å². The van der Waals surface area contributed by atoms with E-state index in [0.29, 0.717) is 0 Å². The summed E-state index contributed by atoms with van der Waals surface area (Å²) in [4.78, 5) is 2.60. The largest absolute Gasteiger partial charge is 0.330 e. The number of nitrogens with zero attached hydrogens (tertiary/aromatic N) is 1. The third-order valence-corrected chi connectivity index (χ3v) is 4.07. The molecule has 0 amide bonds. The van der Waals surface area contributed by atoms with Crippen LogP contribution in [-0.4, -0.2) is 24.5 Å². The minimum atomic E-state index is 0. The Kier molecular flexibility index (Phi) is 6.84. The molecule has 1 atom stereocenters. The van der Waals surface area contributed by atoms with E-state index in [1.807, 2.05) is 0 Å². The summed E-state index contributed by atoms with van der Waals surface area (Å²) < 4.78 is 0. The van der Waals surface area contributed by atoms with E-state index in [1.165, 1.54) is 49.0 Å². The molecule has 1 unspecified atom stereocenters. The second kappa shape index (κ2) is 7.88. The Morgan fingerprint density at radius 3 is 2.79 bits per heavy atom. The van der Waals surface area contributed by atoms with E-state index in [2.05, 4.69) is 36.9 Å². The van der Waals surface area contributed by atoms with Crippen LogP contribution in [0.15, 0.2) is 18.2 Å². The van der Waals surface area contributed by atoms with Gasteiger partial charge in [-0.15, -0.1) is 12.4 Å². The van der Waals surface area contributed by atoms with E-state index in [1.54, 1.807) is 0 Å². The second-order valence-corrected chi connectivity index (χ2v) is 5.75. The maximum atomic E-state index is 5.68. The molecule has 1 aliphatic rings. The van der Waals surface area contributed by atoms with Crippen LogP contribution in [0.5, 0.6) is 0 Å². The molecule has 1 saturated heterocycles. The summed E-state index contributed by atoms with van der Waals surface area (Å²) >= 11 is 0. The van der Waals surface area contributed by atoms with E-state index in [9.17, 15) is 0 Å². The smallest absolute Gasteiger partial charge is 0.0236 e. The van der Waals surface area contributed by atoms with Crippen molar-refractivity contribution < 1.29 is 0 Å². The van der Waals surface area contributed by atoms with Crippen molar-refractivity contribution in [2.24, 2.45) is 11.7 Å². The first kappa shape index (κ1) is 16.5. The van der Waals surface area contributed by atoms with Gasteiger partial charge in [-0.3, -0.25) is 4.90 Å². The van der Waals surface area contributed by atoms with Crippen LogP contribution in [-0.2, 0) is 6.54 Å². The van der Waals surface area contributed by atoms with Gasteiger partial charge < -0.3 is 5.73 Å². The third-order valence-electron chi connectivity index (χ3n) is 4.07. The summed E-state index contributed by atoms with van der Waals surface area (Å²) in [5, 5.41) is 0. The molecule has 0 spiro atoms. The lowest BCUT2D eigenvalue weighted by Crippen LogP contribution is -2.35. The molecule has 108 valence electrons. The number of hydrogen-bond donors (Lipinski definition) is 1. The van der Waals surface area contributed by atoms with Gasteiger partial charge in [0.25, 0.3) is 0 Å². The van der Waals surface area contributed by atoms with Crippen molar-refractivity contribution >= 4 is 12.4 Å². The predicted molar refractivity (Wildman–Crippen MR) is 84.8 cm³/mol. The van der Waals surface area contributed by atoms with Crippen molar-refractivity contribution in [2.45, 2.75) is 39.7 Å². The lowest BCUT2D eigenvalue weighted by molar-refractivity contribution is 0.163. The average Bonchev–Trinajstić information content (AvgIpc) is 2.34. The number of rotatable bonds is 4. The SMILES string of the molecule is Cc1ccc(CN2CCCC(CCN)C2)c(C)c1.Cl. The number of nitrogens with two attached hydrogens (primary N) is 1. The van der Waals surface area contributed by atoms with Crippen LogP contribution < -0.4 is 5.73 Å². The molecule has 2 nitrogen and oxygen atoms in total. The predicted octanol–water partition coefficient (Wildman–Crippen LogP) is 3.29. The van der Waals surface area contributed by atoms with E-state index >= 15 is 0 Å². The molecule has 1 aliphatic heterocycles. The number of benzene rings is 1. The fraction of sp³-hybridized carbons (Fsp3) is 0.625. The van der Waals surface area contributed by atoms with Gasteiger partial charge in [-0.2, -0.15) is 0 Å². The molecule has 1 fully saturated rings. The number of likely N-dealkylation sites (tertiary alicyclic amines) is 1. The van der Waals surface area contributed by atoms with Gasteiger partial charge in [-0.05, 0) is 63.2 Å². The molecule has 0 saturated carbocycles. The summed E-state index contributed by atoms with van der Waals surface area (Å²) in [7, 11) is 0. The summed E-state index contributed by atoms with van der Waals surface area (Å²) in [6.07, 6.45) is 3.87. The molecule has 19 heavy (non-hydrogen) atoms. The highest BCUT2D eigenvalue weighted by Gasteiger charge is 2.19. The normalized spacial score (nSPS) is 20.1. The highest BCUT2D eigenvalue weighted by molar-refractivity contribution is 5.85. The summed E-state index contributed by atoms with van der Waals surface area (Å²) in [6.45, 7) is 8.80. The van der Waals surface area contributed by atoms with Crippen molar-refractivity contribution in [2.75, 3.05) is 19.6 Å². The zero-order valence-electron chi connectivity index (χ0n) is 12.2. The molecule has 2 N–H and O–H groups in total. The highest BCUT2D eigenvalue weighted by atomic mass is 35.5. The van der Waals surface area contributed by atoms with Crippen LogP contribution in [0.2, 0.25) is 0 Å². The minimum Gasteiger partial charge on any atom is -0.330 e. The summed E-state index contributed by atoms with van der Waals surface area (Å²) in [5.74, 6) is 0.814. The maximum absolute atomic E-state index is 5.68. The molecule has 0 radical (unpaired) electrons. The molecular formula is C16H27ClN2. The van der Waals surface area contributed by atoms with Gasteiger partial charge in [0.15, 0.2) is 0 Å². The first-order valence-corrected chi connectivity index (χ1v) is 7.17. The molecule has 2 rings (SSSR count). The van der Waals surface area contributed by atoms with Gasteiger partial charge in [0, 0.05) is 13.1 Å².